The number of furan rings is 1. The van der Waals surface area contributed by atoms with Crippen molar-refractivity contribution in [3.63, 3.8) is 0 Å². The molecule has 2 heterocycles. The zero-order chi connectivity index (χ0) is 13.2. The van der Waals surface area contributed by atoms with E-state index in [1.807, 2.05) is 42.5 Å². The quantitative estimate of drug-likeness (QED) is 0.649. The molecule has 0 saturated carbocycles. The summed E-state index contributed by atoms with van der Waals surface area (Å²) in [5.74, 6) is 1.11. The van der Waals surface area contributed by atoms with E-state index < -0.39 is 0 Å². The molecule has 94 valence electrons. The molecule has 4 nitrogen and oxygen atoms in total. The van der Waals surface area contributed by atoms with Gasteiger partial charge in [-0.2, -0.15) is 0 Å². The lowest BCUT2D eigenvalue weighted by molar-refractivity contribution is -0.115. The van der Waals surface area contributed by atoms with Crippen LogP contribution in [-0.4, -0.2) is 11.0 Å². The molecule has 1 fully saturated rings. The smallest absolute Gasteiger partial charge is 0.274 e. The van der Waals surface area contributed by atoms with Gasteiger partial charge in [-0.1, -0.05) is 30.3 Å². The third-order valence-electron chi connectivity index (χ3n) is 2.69. The van der Waals surface area contributed by atoms with Crippen LogP contribution in [0.4, 0.5) is 0 Å². The average Bonchev–Trinajstić information content (AvgIpc) is 2.99. The van der Waals surface area contributed by atoms with Crippen molar-refractivity contribution in [2.24, 2.45) is 0 Å². The molecule has 1 aliphatic heterocycles. The Bertz CT molecular complexity index is 674. The Labute approximate surface area is 115 Å². The number of thiocarbonyl (C=S) groups is 1. The Balaban J connectivity index is 1.89. The molecule has 1 amide bonds. The van der Waals surface area contributed by atoms with Crippen LogP contribution in [0.15, 0.2) is 52.6 Å². The van der Waals surface area contributed by atoms with Gasteiger partial charge in [0.1, 0.15) is 17.2 Å². The van der Waals surface area contributed by atoms with E-state index in [-0.39, 0.29) is 5.91 Å². The monoisotopic (exact) mass is 270 g/mol. The Hall–Kier alpha value is -2.40. The lowest BCUT2D eigenvalue weighted by Gasteiger charge is -1.95. The Morgan fingerprint density at radius 3 is 2.53 bits per heavy atom. The van der Waals surface area contributed by atoms with E-state index in [0.29, 0.717) is 16.6 Å². The molecule has 2 N–H and O–H groups in total. The molecular weight excluding hydrogens is 260 g/mol. The summed E-state index contributed by atoms with van der Waals surface area (Å²) in [7, 11) is 0. The number of rotatable bonds is 2. The van der Waals surface area contributed by atoms with E-state index >= 15 is 0 Å². The van der Waals surface area contributed by atoms with Crippen LogP contribution in [0.1, 0.15) is 5.76 Å². The van der Waals surface area contributed by atoms with Gasteiger partial charge in [0.25, 0.3) is 5.91 Å². The topological polar surface area (TPSA) is 54.3 Å². The number of hydrogen-bond donors (Lipinski definition) is 2. The fraction of sp³-hybridized carbons (Fsp3) is 0. The second-order valence-electron chi connectivity index (χ2n) is 4.03. The summed E-state index contributed by atoms with van der Waals surface area (Å²) in [6.07, 6.45) is 1.63. The molecule has 0 unspecified atom stereocenters. The summed E-state index contributed by atoms with van der Waals surface area (Å²) in [6, 6.07) is 13.4. The Morgan fingerprint density at radius 2 is 1.84 bits per heavy atom. The van der Waals surface area contributed by atoms with Gasteiger partial charge in [-0.05, 0) is 24.4 Å². The summed E-state index contributed by atoms with van der Waals surface area (Å²) in [4.78, 5) is 11.5. The van der Waals surface area contributed by atoms with Crippen molar-refractivity contribution in [3.8, 4) is 11.3 Å². The normalized spacial score (nSPS) is 16.5. The van der Waals surface area contributed by atoms with Gasteiger partial charge in [-0.15, -0.1) is 0 Å². The molecule has 1 aliphatic rings. The Kier molecular flexibility index (Phi) is 2.89. The Morgan fingerprint density at radius 1 is 1.05 bits per heavy atom. The van der Waals surface area contributed by atoms with Crippen LogP contribution in [0.5, 0.6) is 0 Å². The minimum Gasteiger partial charge on any atom is -0.457 e. The third-order valence-corrected chi connectivity index (χ3v) is 2.90. The molecule has 1 saturated heterocycles. The van der Waals surface area contributed by atoms with Gasteiger partial charge >= 0.3 is 0 Å². The predicted molar refractivity (Wildman–Crippen MR) is 76.0 cm³/mol. The van der Waals surface area contributed by atoms with Gasteiger partial charge in [0.2, 0.25) is 0 Å². The molecule has 0 aliphatic carbocycles. The molecular formula is C14H10N2O2S. The van der Waals surface area contributed by atoms with Crippen LogP contribution in [-0.2, 0) is 4.79 Å². The first-order valence-electron chi connectivity index (χ1n) is 5.72. The van der Waals surface area contributed by atoms with Gasteiger partial charge in [0.05, 0.1) is 0 Å². The molecule has 0 spiro atoms. The van der Waals surface area contributed by atoms with Crippen LogP contribution in [0.3, 0.4) is 0 Å². The van der Waals surface area contributed by atoms with Crippen molar-refractivity contribution in [2.45, 2.75) is 0 Å². The van der Waals surface area contributed by atoms with Crippen LogP contribution >= 0.6 is 12.2 Å². The fourth-order valence-corrected chi connectivity index (χ4v) is 2.02. The van der Waals surface area contributed by atoms with Crippen molar-refractivity contribution in [3.05, 3.63) is 53.9 Å². The molecule has 0 atom stereocenters. The lowest BCUT2D eigenvalue weighted by atomic mass is 10.2. The van der Waals surface area contributed by atoms with E-state index in [1.165, 1.54) is 0 Å². The number of amides is 1. The highest BCUT2D eigenvalue weighted by atomic mass is 32.1. The first kappa shape index (κ1) is 11.7. The highest BCUT2D eigenvalue weighted by Crippen LogP contribution is 2.23. The van der Waals surface area contributed by atoms with Gasteiger partial charge < -0.3 is 9.73 Å². The van der Waals surface area contributed by atoms with Gasteiger partial charge in [0.15, 0.2) is 5.11 Å². The summed E-state index contributed by atoms with van der Waals surface area (Å²) >= 11 is 4.86. The third kappa shape index (κ3) is 2.41. The van der Waals surface area contributed by atoms with Crippen molar-refractivity contribution >= 4 is 29.3 Å². The molecule has 5 heteroatoms. The average molecular weight is 270 g/mol. The highest BCUT2D eigenvalue weighted by molar-refractivity contribution is 7.80. The largest absolute Gasteiger partial charge is 0.457 e. The maximum Gasteiger partial charge on any atom is 0.274 e. The SMILES string of the molecule is O=C1NC(=S)N/C1=C\c1ccc(-c2ccccc2)o1. The first-order chi connectivity index (χ1) is 9.22. The first-order valence-corrected chi connectivity index (χ1v) is 6.12. The highest BCUT2D eigenvalue weighted by Gasteiger charge is 2.20. The summed E-state index contributed by atoms with van der Waals surface area (Å²) in [6.45, 7) is 0. The summed E-state index contributed by atoms with van der Waals surface area (Å²) in [5, 5.41) is 5.58. The van der Waals surface area contributed by atoms with Gasteiger partial charge in [-0.25, -0.2) is 0 Å². The maximum atomic E-state index is 11.5. The van der Waals surface area contributed by atoms with E-state index in [1.54, 1.807) is 6.08 Å². The number of benzene rings is 1. The zero-order valence-electron chi connectivity index (χ0n) is 9.84. The standard InChI is InChI=1S/C14H10N2O2S/c17-13-11(15-14(19)16-13)8-10-6-7-12(18-10)9-4-2-1-3-5-9/h1-8H,(H2,15,16,17,19)/b11-8-. The molecule has 19 heavy (non-hydrogen) atoms. The van der Waals surface area contributed by atoms with E-state index in [0.717, 1.165) is 11.3 Å². The number of carbonyl (C=O) groups excluding carboxylic acids is 1. The number of nitrogens with one attached hydrogen (secondary N) is 2. The van der Waals surface area contributed by atoms with Crippen LogP contribution in [0.25, 0.3) is 17.4 Å². The zero-order valence-corrected chi connectivity index (χ0v) is 10.7. The minimum absolute atomic E-state index is 0.248. The number of hydrogen-bond acceptors (Lipinski definition) is 3. The van der Waals surface area contributed by atoms with Crippen molar-refractivity contribution in [1.29, 1.82) is 0 Å². The fourth-order valence-electron chi connectivity index (χ4n) is 1.81. The second-order valence-corrected chi connectivity index (χ2v) is 4.44. The van der Waals surface area contributed by atoms with Crippen LogP contribution in [0.2, 0.25) is 0 Å². The van der Waals surface area contributed by atoms with Crippen molar-refractivity contribution in [2.75, 3.05) is 0 Å². The van der Waals surface area contributed by atoms with Crippen LogP contribution < -0.4 is 10.6 Å². The van der Waals surface area contributed by atoms with Crippen LogP contribution in [0, 0.1) is 0 Å². The number of carbonyl (C=O) groups is 1. The van der Waals surface area contributed by atoms with Crippen molar-refractivity contribution < 1.29 is 9.21 Å². The molecule has 3 rings (SSSR count). The minimum atomic E-state index is -0.248. The van der Waals surface area contributed by atoms with E-state index in [9.17, 15) is 4.79 Å². The molecule has 1 aromatic carbocycles. The van der Waals surface area contributed by atoms with E-state index in [4.69, 9.17) is 16.6 Å². The second kappa shape index (κ2) is 4.70. The predicted octanol–water partition coefficient (Wildman–Crippen LogP) is 2.29. The molecule has 0 bridgehead atoms. The molecule has 1 aromatic heterocycles. The summed E-state index contributed by atoms with van der Waals surface area (Å²) < 4.78 is 5.68. The van der Waals surface area contributed by atoms with Crippen molar-refractivity contribution in [1.82, 2.24) is 10.6 Å². The maximum absolute atomic E-state index is 11.5. The summed E-state index contributed by atoms with van der Waals surface area (Å²) in [5.41, 5.74) is 1.38. The lowest BCUT2D eigenvalue weighted by Crippen LogP contribution is -2.21. The molecule has 0 radical (unpaired) electrons. The van der Waals surface area contributed by atoms with Gasteiger partial charge in [-0.3, -0.25) is 10.1 Å². The molecule has 2 aromatic rings. The van der Waals surface area contributed by atoms with E-state index in [2.05, 4.69) is 10.6 Å². The van der Waals surface area contributed by atoms with Gasteiger partial charge in [0, 0.05) is 11.6 Å².